The molecule has 0 spiro atoms. The molecule has 1 saturated carbocycles. The normalized spacial score (nSPS) is 17.5. The monoisotopic (exact) mass is 326 g/mol. The van der Waals surface area contributed by atoms with Crippen molar-refractivity contribution < 1.29 is 9.53 Å². The van der Waals surface area contributed by atoms with Crippen LogP contribution in [0.4, 0.5) is 0 Å². The van der Waals surface area contributed by atoms with Gasteiger partial charge in [0.05, 0.1) is 6.61 Å². The fraction of sp³-hybridized carbons (Fsp3) is 0.588. The van der Waals surface area contributed by atoms with Crippen molar-refractivity contribution in [2.75, 3.05) is 20.3 Å². The molecular formula is C17H27ClN2O2. The van der Waals surface area contributed by atoms with Gasteiger partial charge in [0.15, 0.2) is 0 Å². The summed E-state index contributed by atoms with van der Waals surface area (Å²) in [5.41, 5.74) is 7.30. The van der Waals surface area contributed by atoms with Crippen LogP contribution in [-0.4, -0.2) is 32.2 Å². The minimum atomic E-state index is -0.579. The Morgan fingerprint density at radius 3 is 2.55 bits per heavy atom. The molecule has 0 heterocycles. The van der Waals surface area contributed by atoms with E-state index >= 15 is 0 Å². The van der Waals surface area contributed by atoms with Crippen molar-refractivity contribution >= 4 is 18.3 Å². The first-order chi connectivity index (χ1) is 10.2. The van der Waals surface area contributed by atoms with Crippen molar-refractivity contribution in [3.8, 4) is 0 Å². The molecule has 5 heteroatoms. The number of ether oxygens (including phenoxy) is 1. The predicted octanol–water partition coefficient (Wildman–Crippen LogP) is 2.30. The third-order valence-electron chi connectivity index (χ3n) is 4.41. The average molecular weight is 327 g/mol. The number of hydrogen-bond donors (Lipinski definition) is 2. The molecule has 4 nitrogen and oxygen atoms in total. The summed E-state index contributed by atoms with van der Waals surface area (Å²) in [4.78, 5) is 12.0. The fourth-order valence-corrected chi connectivity index (χ4v) is 3.23. The average Bonchev–Trinajstić information content (AvgIpc) is 2.95. The lowest BCUT2D eigenvalue weighted by Crippen LogP contribution is -2.47. The van der Waals surface area contributed by atoms with E-state index in [1.54, 1.807) is 7.11 Å². The van der Waals surface area contributed by atoms with E-state index in [9.17, 15) is 4.79 Å². The van der Waals surface area contributed by atoms with Crippen LogP contribution in [0.3, 0.4) is 0 Å². The highest BCUT2D eigenvalue weighted by Gasteiger charge is 2.34. The van der Waals surface area contributed by atoms with Gasteiger partial charge in [-0.25, -0.2) is 0 Å². The van der Waals surface area contributed by atoms with E-state index in [0.717, 1.165) is 6.42 Å². The molecule has 0 saturated heterocycles. The zero-order valence-corrected chi connectivity index (χ0v) is 14.0. The third-order valence-corrected chi connectivity index (χ3v) is 4.41. The van der Waals surface area contributed by atoms with Gasteiger partial charge in [0, 0.05) is 13.7 Å². The second-order valence-corrected chi connectivity index (χ2v) is 6.15. The summed E-state index contributed by atoms with van der Waals surface area (Å²) in [5.74, 6) is -0.115. The Balaban J connectivity index is 0.00000242. The number of hydrogen-bond acceptors (Lipinski definition) is 3. The Hall–Kier alpha value is -1.10. The summed E-state index contributed by atoms with van der Waals surface area (Å²) in [6.07, 6.45) is 5.84. The molecule has 0 aromatic heterocycles. The number of halogens is 1. The van der Waals surface area contributed by atoms with Gasteiger partial charge in [-0.05, 0) is 30.2 Å². The molecule has 1 aliphatic rings. The molecule has 1 aliphatic carbocycles. The van der Waals surface area contributed by atoms with Crippen LogP contribution in [0.25, 0.3) is 0 Å². The van der Waals surface area contributed by atoms with Gasteiger partial charge in [-0.2, -0.15) is 0 Å². The van der Waals surface area contributed by atoms with Gasteiger partial charge >= 0.3 is 0 Å². The molecule has 1 aromatic rings. The van der Waals surface area contributed by atoms with Crippen LogP contribution < -0.4 is 11.1 Å². The number of nitrogens with one attached hydrogen (secondary N) is 1. The SMILES string of the molecule is COCC(N)C(=O)NCC1(Cc2ccccc2)CCCC1.Cl. The van der Waals surface area contributed by atoms with Crippen molar-refractivity contribution in [2.24, 2.45) is 11.1 Å². The Morgan fingerprint density at radius 1 is 1.32 bits per heavy atom. The molecule has 1 unspecified atom stereocenters. The Kier molecular flexibility index (Phi) is 7.87. The summed E-state index contributed by atoms with van der Waals surface area (Å²) < 4.78 is 4.93. The summed E-state index contributed by atoms with van der Waals surface area (Å²) in [7, 11) is 1.56. The van der Waals surface area contributed by atoms with Gasteiger partial charge in [0.2, 0.25) is 5.91 Å². The van der Waals surface area contributed by atoms with Crippen molar-refractivity contribution in [1.29, 1.82) is 0 Å². The lowest BCUT2D eigenvalue weighted by Gasteiger charge is -2.30. The zero-order valence-electron chi connectivity index (χ0n) is 13.2. The molecule has 2 rings (SSSR count). The smallest absolute Gasteiger partial charge is 0.239 e. The first-order valence-corrected chi connectivity index (χ1v) is 7.71. The summed E-state index contributed by atoms with van der Waals surface area (Å²) >= 11 is 0. The van der Waals surface area contributed by atoms with E-state index in [0.29, 0.717) is 6.54 Å². The molecule has 0 aliphatic heterocycles. The largest absolute Gasteiger partial charge is 0.383 e. The quantitative estimate of drug-likeness (QED) is 0.808. The van der Waals surface area contributed by atoms with Crippen molar-refractivity contribution in [3.05, 3.63) is 35.9 Å². The molecule has 124 valence electrons. The van der Waals surface area contributed by atoms with Gasteiger partial charge in [-0.15, -0.1) is 12.4 Å². The summed E-state index contributed by atoms with van der Waals surface area (Å²) in [5, 5.41) is 3.03. The van der Waals surface area contributed by atoms with Crippen LogP contribution in [0.2, 0.25) is 0 Å². The van der Waals surface area contributed by atoms with E-state index in [1.165, 1.54) is 31.2 Å². The lowest BCUT2D eigenvalue weighted by atomic mass is 9.80. The van der Waals surface area contributed by atoms with Gasteiger partial charge in [-0.1, -0.05) is 43.2 Å². The second-order valence-electron chi connectivity index (χ2n) is 6.15. The predicted molar refractivity (Wildman–Crippen MR) is 91.2 cm³/mol. The van der Waals surface area contributed by atoms with E-state index in [-0.39, 0.29) is 30.3 Å². The summed E-state index contributed by atoms with van der Waals surface area (Å²) in [6.45, 7) is 0.968. The van der Waals surface area contributed by atoms with Crippen LogP contribution in [-0.2, 0) is 16.0 Å². The standard InChI is InChI=1S/C17H26N2O2.ClH/c1-21-12-15(18)16(20)19-13-17(9-5-6-10-17)11-14-7-3-2-4-8-14;/h2-4,7-8,15H,5-6,9-13,18H2,1H3,(H,19,20);1H. The van der Waals surface area contributed by atoms with E-state index in [4.69, 9.17) is 10.5 Å². The van der Waals surface area contributed by atoms with Gasteiger partial charge in [-0.3, -0.25) is 4.79 Å². The van der Waals surface area contributed by atoms with Gasteiger partial charge in [0.1, 0.15) is 6.04 Å². The van der Waals surface area contributed by atoms with Crippen LogP contribution in [0.5, 0.6) is 0 Å². The minimum absolute atomic E-state index is 0. The van der Waals surface area contributed by atoms with E-state index in [2.05, 4.69) is 29.6 Å². The minimum Gasteiger partial charge on any atom is -0.383 e. The molecule has 1 amide bonds. The van der Waals surface area contributed by atoms with Gasteiger partial charge in [0.25, 0.3) is 0 Å². The van der Waals surface area contributed by atoms with Crippen LogP contribution in [0.15, 0.2) is 30.3 Å². The maximum atomic E-state index is 12.0. The maximum Gasteiger partial charge on any atom is 0.239 e. The van der Waals surface area contributed by atoms with Crippen molar-refractivity contribution in [3.63, 3.8) is 0 Å². The first-order valence-electron chi connectivity index (χ1n) is 7.71. The van der Waals surface area contributed by atoms with E-state index < -0.39 is 6.04 Å². The highest BCUT2D eigenvalue weighted by molar-refractivity contribution is 5.85. The van der Waals surface area contributed by atoms with Crippen LogP contribution in [0.1, 0.15) is 31.2 Å². The molecule has 3 N–H and O–H groups in total. The molecule has 1 atom stereocenters. The molecule has 0 radical (unpaired) electrons. The fourth-order valence-electron chi connectivity index (χ4n) is 3.23. The first kappa shape index (κ1) is 18.9. The number of methoxy groups -OCH3 is 1. The van der Waals surface area contributed by atoms with Crippen LogP contribution >= 0.6 is 12.4 Å². The van der Waals surface area contributed by atoms with Crippen LogP contribution in [0, 0.1) is 5.41 Å². The Morgan fingerprint density at radius 2 is 1.95 bits per heavy atom. The Labute approximate surface area is 139 Å². The van der Waals surface area contributed by atoms with Crippen molar-refractivity contribution in [1.82, 2.24) is 5.32 Å². The maximum absolute atomic E-state index is 12.0. The number of nitrogens with two attached hydrogens (primary N) is 1. The topological polar surface area (TPSA) is 64.3 Å². The van der Waals surface area contributed by atoms with Crippen molar-refractivity contribution in [2.45, 2.75) is 38.1 Å². The molecule has 1 aromatic carbocycles. The third kappa shape index (κ3) is 5.27. The highest BCUT2D eigenvalue weighted by atomic mass is 35.5. The molecule has 0 bridgehead atoms. The number of benzene rings is 1. The summed E-state index contributed by atoms with van der Waals surface area (Å²) in [6, 6.07) is 9.94. The number of carbonyl (C=O) groups is 1. The lowest BCUT2D eigenvalue weighted by molar-refractivity contribution is -0.124. The number of carbonyl (C=O) groups excluding carboxylic acids is 1. The molecule has 22 heavy (non-hydrogen) atoms. The number of amides is 1. The van der Waals surface area contributed by atoms with Gasteiger partial charge < -0.3 is 15.8 Å². The number of rotatable bonds is 7. The molecule has 1 fully saturated rings. The second kappa shape index (κ2) is 9.13. The molecular weight excluding hydrogens is 300 g/mol. The zero-order chi connectivity index (χ0) is 15.1. The highest BCUT2D eigenvalue weighted by Crippen LogP contribution is 2.40. The van der Waals surface area contributed by atoms with E-state index in [1.807, 2.05) is 6.07 Å². The Bertz CT molecular complexity index is 447.